The van der Waals surface area contributed by atoms with Crippen molar-refractivity contribution in [3.63, 3.8) is 0 Å². The maximum Gasteiger partial charge on any atom is 0.262 e. The quantitative estimate of drug-likeness (QED) is 0.717. The van der Waals surface area contributed by atoms with E-state index in [9.17, 15) is 17.6 Å². The number of anilines is 1. The van der Waals surface area contributed by atoms with Gasteiger partial charge >= 0.3 is 0 Å². The number of carbonyl (C=O) groups excluding carboxylic acids is 1. The van der Waals surface area contributed by atoms with E-state index in [1.165, 1.54) is 40.7 Å². The van der Waals surface area contributed by atoms with Gasteiger partial charge in [0, 0.05) is 18.8 Å². The second-order valence-corrected chi connectivity index (χ2v) is 7.82. The Kier molecular flexibility index (Phi) is 7.18. The van der Waals surface area contributed by atoms with Crippen LogP contribution >= 0.6 is 11.6 Å². The van der Waals surface area contributed by atoms with E-state index in [2.05, 4.69) is 5.32 Å². The topological polar surface area (TPSA) is 75.7 Å². The molecule has 0 atom stereocenters. The van der Waals surface area contributed by atoms with Gasteiger partial charge in [-0.25, -0.2) is 12.8 Å². The highest BCUT2D eigenvalue weighted by Gasteiger charge is 2.25. The zero-order valence-electron chi connectivity index (χ0n) is 14.9. The van der Waals surface area contributed by atoms with Crippen LogP contribution in [0.1, 0.15) is 13.8 Å². The van der Waals surface area contributed by atoms with Crippen LogP contribution < -0.4 is 10.1 Å². The number of amides is 1. The SMILES string of the molecule is CCN(CC)S(=O)(=O)c1cc(NC(=O)COc2ccccc2F)ccc1Cl. The fourth-order valence-corrected chi connectivity index (χ4v) is 4.34. The number of nitrogens with one attached hydrogen (secondary N) is 1. The molecule has 1 amide bonds. The molecule has 0 aliphatic heterocycles. The predicted octanol–water partition coefficient (Wildman–Crippen LogP) is 3.53. The first kappa shape index (κ1) is 21.1. The van der Waals surface area contributed by atoms with Crippen molar-refractivity contribution in [2.75, 3.05) is 25.0 Å². The number of halogens is 2. The zero-order chi connectivity index (χ0) is 20.0. The summed E-state index contributed by atoms with van der Waals surface area (Å²) in [6.45, 7) is 3.60. The van der Waals surface area contributed by atoms with Crippen LogP contribution in [-0.2, 0) is 14.8 Å². The highest BCUT2D eigenvalue weighted by Crippen LogP contribution is 2.27. The molecule has 0 spiro atoms. The minimum absolute atomic E-state index is 0.0476. The molecular weight excluding hydrogens is 395 g/mol. The monoisotopic (exact) mass is 414 g/mol. The smallest absolute Gasteiger partial charge is 0.262 e. The van der Waals surface area contributed by atoms with Crippen LogP contribution in [0.5, 0.6) is 5.75 Å². The molecular formula is C18H20ClFN2O4S. The van der Waals surface area contributed by atoms with Crippen molar-refractivity contribution in [1.29, 1.82) is 0 Å². The summed E-state index contributed by atoms with van der Waals surface area (Å²) in [4.78, 5) is 11.9. The van der Waals surface area contributed by atoms with E-state index in [1.807, 2.05) is 0 Å². The second kappa shape index (κ2) is 9.16. The number of benzene rings is 2. The first-order valence-electron chi connectivity index (χ1n) is 8.26. The van der Waals surface area contributed by atoms with Crippen LogP contribution in [-0.4, -0.2) is 38.3 Å². The van der Waals surface area contributed by atoms with Crippen LogP contribution in [0, 0.1) is 5.82 Å². The summed E-state index contributed by atoms with van der Waals surface area (Å²) in [5.74, 6) is -1.19. The number of nitrogens with zero attached hydrogens (tertiary/aromatic N) is 1. The van der Waals surface area contributed by atoms with Crippen molar-refractivity contribution in [2.45, 2.75) is 18.7 Å². The third-order valence-electron chi connectivity index (χ3n) is 3.73. The molecule has 2 rings (SSSR count). The summed E-state index contributed by atoms with van der Waals surface area (Å²) in [6.07, 6.45) is 0. The molecule has 9 heteroatoms. The Hall–Kier alpha value is -2.16. The minimum Gasteiger partial charge on any atom is -0.481 e. The summed E-state index contributed by atoms with van der Waals surface area (Å²) < 4.78 is 45.2. The van der Waals surface area contributed by atoms with Gasteiger partial charge in [0.2, 0.25) is 10.0 Å². The van der Waals surface area contributed by atoms with E-state index in [1.54, 1.807) is 19.9 Å². The van der Waals surface area contributed by atoms with E-state index in [4.69, 9.17) is 16.3 Å². The third-order valence-corrected chi connectivity index (χ3v) is 6.27. The number of hydrogen-bond donors (Lipinski definition) is 1. The minimum atomic E-state index is -3.78. The van der Waals surface area contributed by atoms with Gasteiger partial charge in [-0.15, -0.1) is 0 Å². The van der Waals surface area contributed by atoms with Crippen molar-refractivity contribution in [2.24, 2.45) is 0 Å². The zero-order valence-corrected chi connectivity index (χ0v) is 16.5. The lowest BCUT2D eigenvalue weighted by Gasteiger charge is -2.19. The molecule has 0 saturated carbocycles. The van der Waals surface area contributed by atoms with Gasteiger partial charge in [0.25, 0.3) is 5.91 Å². The van der Waals surface area contributed by atoms with Gasteiger partial charge in [0.15, 0.2) is 18.2 Å². The summed E-state index contributed by atoms with van der Waals surface area (Å²) in [5.41, 5.74) is 0.243. The molecule has 0 unspecified atom stereocenters. The average Bonchev–Trinajstić information content (AvgIpc) is 2.63. The van der Waals surface area contributed by atoms with Gasteiger partial charge in [-0.3, -0.25) is 4.79 Å². The van der Waals surface area contributed by atoms with Gasteiger partial charge in [0.1, 0.15) is 4.90 Å². The molecule has 0 saturated heterocycles. The van der Waals surface area contributed by atoms with E-state index in [0.717, 1.165) is 0 Å². The van der Waals surface area contributed by atoms with Crippen molar-refractivity contribution >= 4 is 33.2 Å². The summed E-state index contributed by atoms with van der Waals surface area (Å²) in [6, 6.07) is 9.87. The van der Waals surface area contributed by atoms with E-state index in [-0.39, 0.29) is 21.4 Å². The Bertz CT molecular complexity index is 917. The van der Waals surface area contributed by atoms with Crippen molar-refractivity contribution in [1.82, 2.24) is 4.31 Å². The normalized spacial score (nSPS) is 11.4. The number of ether oxygens (including phenoxy) is 1. The lowest BCUT2D eigenvalue weighted by molar-refractivity contribution is -0.118. The van der Waals surface area contributed by atoms with E-state index < -0.39 is 28.4 Å². The predicted molar refractivity (Wildman–Crippen MR) is 102 cm³/mol. The number of sulfonamides is 1. The van der Waals surface area contributed by atoms with Gasteiger partial charge < -0.3 is 10.1 Å². The fraction of sp³-hybridized carbons (Fsp3) is 0.278. The summed E-state index contributed by atoms with van der Waals surface area (Å²) in [7, 11) is -3.78. The maximum atomic E-state index is 13.5. The first-order valence-corrected chi connectivity index (χ1v) is 10.1. The summed E-state index contributed by atoms with van der Waals surface area (Å²) in [5, 5.41) is 2.58. The van der Waals surface area contributed by atoms with Crippen LogP contribution in [0.15, 0.2) is 47.4 Å². The average molecular weight is 415 g/mol. The fourth-order valence-electron chi connectivity index (χ4n) is 2.38. The molecule has 0 aliphatic rings. The van der Waals surface area contributed by atoms with Gasteiger partial charge in [-0.05, 0) is 30.3 Å². The molecule has 146 valence electrons. The maximum absolute atomic E-state index is 13.5. The number of carbonyl (C=O) groups is 1. The summed E-state index contributed by atoms with van der Waals surface area (Å²) >= 11 is 6.05. The molecule has 0 fully saturated rings. The van der Waals surface area contributed by atoms with Crippen molar-refractivity contribution in [3.8, 4) is 5.75 Å². The lowest BCUT2D eigenvalue weighted by atomic mass is 10.3. The van der Waals surface area contributed by atoms with E-state index in [0.29, 0.717) is 13.1 Å². The molecule has 0 aromatic heterocycles. The molecule has 27 heavy (non-hydrogen) atoms. The molecule has 1 N–H and O–H groups in total. The first-order chi connectivity index (χ1) is 12.8. The Labute approximate surface area is 162 Å². The Balaban J connectivity index is 2.13. The molecule has 6 nitrogen and oxygen atoms in total. The number of para-hydroxylation sites is 1. The Morgan fingerprint density at radius 3 is 2.48 bits per heavy atom. The Morgan fingerprint density at radius 1 is 1.19 bits per heavy atom. The highest BCUT2D eigenvalue weighted by molar-refractivity contribution is 7.89. The van der Waals surface area contributed by atoms with Crippen molar-refractivity contribution in [3.05, 3.63) is 53.3 Å². The van der Waals surface area contributed by atoms with Crippen LogP contribution in [0.4, 0.5) is 10.1 Å². The Morgan fingerprint density at radius 2 is 1.85 bits per heavy atom. The molecule has 0 heterocycles. The molecule has 0 aliphatic carbocycles. The lowest BCUT2D eigenvalue weighted by Crippen LogP contribution is -2.31. The number of rotatable bonds is 8. The molecule has 2 aromatic rings. The second-order valence-electron chi connectivity index (χ2n) is 5.50. The van der Waals surface area contributed by atoms with E-state index >= 15 is 0 Å². The molecule has 0 bridgehead atoms. The van der Waals surface area contributed by atoms with Gasteiger partial charge in [-0.2, -0.15) is 4.31 Å². The van der Waals surface area contributed by atoms with Crippen LogP contribution in [0.2, 0.25) is 5.02 Å². The third kappa shape index (κ3) is 5.18. The van der Waals surface area contributed by atoms with Crippen LogP contribution in [0.3, 0.4) is 0 Å². The molecule has 2 aromatic carbocycles. The molecule has 0 radical (unpaired) electrons. The largest absolute Gasteiger partial charge is 0.481 e. The highest BCUT2D eigenvalue weighted by atomic mass is 35.5. The van der Waals surface area contributed by atoms with Crippen LogP contribution in [0.25, 0.3) is 0 Å². The van der Waals surface area contributed by atoms with Crippen molar-refractivity contribution < 1.29 is 22.3 Å². The number of hydrogen-bond acceptors (Lipinski definition) is 4. The van der Waals surface area contributed by atoms with Gasteiger partial charge in [0.05, 0.1) is 5.02 Å². The van der Waals surface area contributed by atoms with Gasteiger partial charge in [-0.1, -0.05) is 37.6 Å². The standard InChI is InChI=1S/C18H20ClFN2O4S/c1-3-22(4-2)27(24,25)17-11-13(9-10-14(17)19)21-18(23)12-26-16-8-6-5-7-15(16)20/h5-11H,3-4,12H2,1-2H3,(H,21,23).